The van der Waals surface area contributed by atoms with E-state index in [1.54, 1.807) is 6.07 Å². The molecule has 0 radical (unpaired) electrons. The maximum absolute atomic E-state index is 14.0. The molecule has 1 saturated carbocycles. The predicted molar refractivity (Wildman–Crippen MR) is 120 cm³/mol. The average Bonchev–Trinajstić information content (AvgIpc) is 2.81. The summed E-state index contributed by atoms with van der Waals surface area (Å²) in [7, 11) is 0. The van der Waals surface area contributed by atoms with Gasteiger partial charge in [-0.3, -0.25) is 0 Å². The number of hydrogen-bond donors (Lipinski definition) is 0. The first-order valence-corrected chi connectivity index (χ1v) is 11.7. The van der Waals surface area contributed by atoms with Gasteiger partial charge in [0.15, 0.2) is 11.6 Å². The summed E-state index contributed by atoms with van der Waals surface area (Å²) in [5.74, 6) is -1.40. The van der Waals surface area contributed by atoms with Crippen LogP contribution in [0, 0.1) is 28.9 Å². The van der Waals surface area contributed by atoms with Gasteiger partial charge in [0.25, 0.3) is 0 Å². The SMILES string of the molecule is CCCCCCCc1ccc([C@H]2CC[C@H](COc3ccc(C#N)c(F)c3F)CC2)cc1. The molecule has 0 saturated heterocycles. The Bertz CT molecular complexity index is 864. The van der Waals surface area contributed by atoms with E-state index < -0.39 is 11.6 Å². The first-order valence-electron chi connectivity index (χ1n) is 11.7. The predicted octanol–water partition coefficient (Wildman–Crippen LogP) is 7.70. The van der Waals surface area contributed by atoms with Crippen LogP contribution in [0.3, 0.4) is 0 Å². The molecule has 0 aromatic heterocycles. The van der Waals surface area contributed by atoms with E-state index in [9.17, 15) is 8.78 Å². The minimum Gasteiger partial charge on any atom is -0.490 e. The van der Waals surface area contributed by atoms with Crippen molar-refractivity contribution in [3.05, 3.63) is 64.7 Å². The zero-order chi connectivity index (χ0) is 22.1. The van der Waals surface area contributed by atoms with E-state index in [0.717, 1.165) is 25.7 Å². The lowest BCUT2D eigenvalue weighted by atomic mass is 9.79. The maximum Gasteiger partial charge on any atom is 0.201 e. The quantitative estimate of drug-likeness (QED) is 0.365. The molecule has 1 aliphatic rings. The van der Waals surface area contributed by atoms with Crippen molar-refractivity contribution >= 4 is 0 Å². The number of benzene rings is 2. The monoisotopic (exact) mass is 425 g/mol. The van der Waals surface area contributed by atoms with Crippen LogP contribution < -0.4 is 4.74 Å². The number of aryl methyl sites for hydroxylation is 1. The summed E-state index contributed by atoms with van der Waals surface area (Å²) in [6.45, 7) is 2.63. The fraction of sp³-hybridized carbons (Fsp3) is 0.519. The lowest BCUT2D eigenvalue weighted by molar-refractivity contribution is 0.192. The van der Waals surface area contributed by atoms with Crippen molar-refractivity contribution in [3.63, 3.8) is 0 Å². The molecular formula is C27H33F2NO. The van der Waals surface area contributed by atoms with E-state index >= 15 is 0 Å². The summed E-state index contributed by atoms with van der Waals surface area (Å²) in [6, 6.07) is 13.4. The van der Waals surface area contributed by atoms with Gasteiger partial charge in [0.05, 0.1) is 12.2 Å². The normalized spacial score (nSPS) is 18.5. The zero-order valence-corrected chi connectivity index (χ0v) is 18.5. The fourth-order valence-electron chi connectivity index (χ4n) is 4.49. The summed E-state index contributed by atoms with van der Waals surface area (Å²) >= 11 is 0. The number of halogens is 2. The Morgan fingerprint density at radius 2 is 1.61 bits per heavy atom. The summed E-state index contributed by atoms with van der Waals surface area (Å²) in [4.78, 5) is 0. The first kappa shape index (κ1) is 23.3. The second-order valence-electron chi connectivity index (χ2n) is 8.79. The van der Waals surface area contributed by atoms with Crippen LogP contribution in [-0.4, -0.2) is 6.61 Å². The van der Waals surface area contributed by atoms with E-state index in [2.05, 4.69) is 31.2 Å². The van der Waals surface area contributed by atoms with E-state index in [-0.39, 0.29) is 11.3 Å². The molecule has 1 fully saturated rings. The Balaban J connectivity index is 1.42. The van der Waals surface area contributed by atoms with Crippen molar-refractivity contribution < 1.29 is 13.5 Å². The van der Waals surface area contributed by atoms with E-state index in [0.29, 0.717) is 18.4 Å². The third-order valence-corrected chi connectivity index (χ3v) is 6.51. The van der Waals surface area contributed by atoms with E-state index in [1.165, 1.54) is 61.8 Å². The molecule has 4 heteroatoms. The van der Waals surface area contributed by atoms with Gasteiger partial charge in [-0.2, -0.15) is 9.65 Å². The van der Waals surface area contributed by atoms with Crippen molar-refractivity contribution in [3.8, 4) is 11.8 Å². The van der Waals surface area contributed by atoms with Crippen LogP contribution >= 0.6 is 0 Å². The highest BCUT2D eigenvalue weighted by atomic mass is 19.2. The number of unbranched alkanes of at least 4 members (excludes halogenated alkanes) is 4. The molecule has 166 valence electrons. The zero-order valence-electron chi connectivity index (χ0n) is 18.5. The average molecular weight is 426 g/mol. The number of nitriles is 1. The molecule has 0 heterocycles. The number of rotatable bonds is 10. The van der Waals surface area contributed by atoms with Gasteiger partial charge < -0.3 is 4.74 Å². The molecule has 2 aromatic rings. The Morgan fingerprint density at radius 3 is 2.29 bits per heavy atom. The molecule has 31 heavy (non-hydrogen) atoms. The molecule has 0 bridgehead atoms. The second-order valence-corrected chi connectivity index (χ2v) is 8.79. The molecule has 0 amide bonds. The van der Waals surface area contributed by atoms with Gasteiger partial charge in [0.2, 0.25) is 5.82 Å². The van der Waals surface area contributed by atoms with Gasteiger partial charge in [-0.15, -0.1) is 0 Å². The molecule has 0 aliphatic heterocycles. The number of hydrogen-bond acceptors (Lipinski definition) is 2. The third-order valence-electron chi connectivity index (χ3n) is 6.51. The van der Waals surface area contributed by atoms with Crippen molar-refractivity contribution in [2.75, 3.05) is 6.61 Å². The minimum atomic E-state index is -1.13. The summed E-state index contributed by atoms with van der Waals surface area (Å²) in [6.07, 6.45) is 11.9. The smallest absolute Gasteiger partial charge is 0.201 e. The molecule has 2 aromatic carbocycles. The van der Waals surface area contributed by atoms with Crippen molar-refractivity contribution in [1.82, 2.24) is 0 Å². The molecule has 0 N–H and O–H groups in total. The molecular weight excluding hydrogens is 392 g/mol. The molecule has 3 rings (SSSR count). The van der Waals surface area contributed by atoms with Gasteiger partial charge in [-0.05, 0) is 73.6 Å². The highest BCUT2D eigenvalue weighted by molar-refractivity contribution is 5.37. The van der Waals surface area contributed by atoms with Crippen molar-refractivity contribution in [2.45, 2.75) is 77.0 Å². The topological polar surface area (TPSA) is 33.0 Å². The van der Waals surface area contributed by atoms with Gasteiger partial charge in [0.1, 0.15) is 6.07 Å². The fourth-order valence-corrected chi connectivity index (χ4v) is 4.49. The molecule has 0 atom stereocenters. The largest absolute Gasteiger partial charge is 0.490 e. The van der Waals surface area contributed by atoms with Crippen LogP contribution in [0.2, 0.25) is 0 Å². The van der Waals surface area contributed by atoms with Crippen LogP contribution in [0.25, 0.3) is 0 Å². The molecule has 0 spiro atoms. The molecule has 0 unspecified atom stereocenters. The van der Waals surface area contributed by atoms with Gasteiger partial charge in [-0.25, -0.2) is 4.39 Å². The first-order chi connectivity index (χ1) is 15.1. The standard InChI is InChI=1S/C27H33F2NO/c1-2-3-4-5-6-7-20-8-12-22(13-9-20)23-14-10-21(11-15-23)19-31-25-17-16-24(18-30)26(28)27(25)29/h8-9,12-13,16-17,21,23H,2-7,10-11,14-15,19H2,1H3/t21-,23-. The lowest BCUT2D eigenvalue weighted by Crippen LogP contribution is -2.19. The lowest BCUT2D eigenvalue weighted by Gasteiger charge is -2.29. The van der Waals surface area contributed by atoms with Gasteiger partial charge in [0, 0.05) is 0 Å². The third kappa shape index (κ3) is 6.53. The van der Waals surface area contributed by atoms with Crippen LogP contribution in [0.15, 0.2) is 36.4 Å². The summed E-state index contributed by atoms with van der Waals surface area (Å²) < 4.78 is 33.3. The minimum absolute atomic E-state index is 0.107. The van der Waals surface area contributed by atoms with E-state index in [1.807, 2.05) is 0 Å². The molecule has 2 nitrogen and oxygen atoms in total. The Hall–Kier alpha value is -2.41. The highest BCUT2D eigenvalue weighted by Crippen LogP contribution is 2.36. The molecule has 1 aliphatic carbocycles. The van der Waals surface area contributed by atoms with Crippen LogP contribution in [0.5, 0.6) is 5.75 Å². The summed E-state index contributed by atoms with van der Waals surface area (Å²) in [5, 5.41) is 8.77. The van der Waals surface area contributed by atoms with Crippen molar-refractivity contribution in [1.29, 1.82) is 5.26 Å². The van der Waals surface area contributed by atoms with Crippen LogP contribution in [0.4, 0.5) is 8.78 Å². The van der Waals surface area contributed by atoms with Gasteiger partial charge >= 0.3 is 0 Å². The summed E-state index contributed by atoms with van der Waals surface area (Å²) in [5.41, 5.74) is 2.54. The van der Waals surface area contributed by atoms with Crippen LogP contribution in [-0.2, 0) is 6.42 Å². The Morgan fingerprint density at radius 1 is 0.903 bits per heavy atom. The van der Waals surface area contributed by atoms with Crippen LogP contribution in [0.1, 0.15) is 87.3 Å². The maximum atomic E-state index is 14.0. The van der Waals surface area contributed by atoms with E-state index in [4.69, 9.17) is 10.00 Å². The van der Waals surface area contributed by atoms with Gasteiger partial charge in [-0.1, -0.05) is 56.9 Å². The highest BCUT2D eigenvalue weighted by Gasteiger charge is 2.23. The second kappa shape index (κ2) is 11.8. The van der Waals surface area contributed by atoms with Crippen molar-refractivity contribution in [2.24, 2.45) is 5.92 Å². The number of nitrogens with zero attached hydrogens (tertiary/aromatic N) is 1. The number of ether oxygens (including phenoxy) is 1. The Labute approximate surface area is 185 Å². The Kier molecular flexibility index (Phi) is 8.88.